The van der Waals surface area contributed by atoms with Crippen molar-refractivity contribution in [1.82, 2.24) is 5.32 Å². The van der Waals surface area contributed by atoms with Crippen LogP contribution in [-0.2, 0) is 9.47 Å². The molecule has 1 aromatic carbocycles. The number of hydrogen-bond donors (Lipinski definition) is 1. The summed E-state index contributed by atoms with van der Waals surface area (Å²) in [5.74, 6) is 0.826. The molecule has 1 aliphatic carbocycles. The van der Waals surface area contributed by atoms with Crippen LogP contribution in [0.1, 0.15) is 36.4 Å². The van der Waals surface area contributed by atoms with Gasteiger partial charge < -0.3 is 14.8 Å². The molecule has 1 saturated carbocycles. The van der Waals surface area contributed by atoms with Crippen molar-refractivity contribution in [3.8, 4) is 0 Å². The topological polar surface area (TPSA) is 30.5 Å². The van der Waals surface area contributed by atoms with Crippen LogP contribution in [0.4, 0.5) is 0 Å². The van der Waals surface area contributed by atoms with E-state index < -0.39 is 0 Å². The van der Waals surface area contributed by atoms with E-state index in [1.807, 2.05) is 0 Å². The molecule has 0 aliphatic heterocycles. The molecule has 0 bridgehead atoms. The van der Waals surface area contributed by atoms with Gasteiger partial charge in [0.15, 0.2) is 0 Å². The van der Waals surface area contributed by atoms with Crippen molar-refractivity contribution < 1.29 is 9.47 Å². The lowest BCUT2D eigenvalue weighted by molar-refractivity contribution is 0.0691. The highest BCUT2D eigenvalue weighted by Crippen LogP contribution is 2.40. The first-order chi connectivity index (χ1) is 9.81. The van der Waals surface area contributed by atoms with Gasteiger partial charge in [0, 0.05) is 19.8 Å². The van der Waals surface area contributed by atoms with Gasteiger partial charge in [-0.15, -0.1) is 0 Å². The van der Waals surface area contributed by atoms with Crippen molar-refractivity contribution in [2.75, 3.05) is 33.5 Å². The minimum atomic E-state index is 0.523. The summed E-state index contributed by atoms with van der Waals surface area (Å²) in [6, 6.07) is 9.47. The summed E-state index contributed by atoms with van der Waals surface area (Å²) in [6.45, 7) is 5.34. The number of nitrogens with one attached hydrogen (secondary N) is 1. The van der Waals surface area contributed by atoms with E-state index in [4.69, 9.17) is 9.47 Å². The number of aryl methyl sites for hydroxylation is 1. The van der Waals surface area contributed by atoms with E-state index >= 15 is 0 Å². The summed E-state index contributed by atoms with van der Waals surface area (Å²) in [6.07, 6.45) is 3.77. The number of methoxy groups -OCH3 is 1. The van der Waals surface area contributed by atoms with E-state index in [0.717, 1.165) is 25.5 Å². The molecule has 0 amide bonds. The number of hydrogen-bond acceptors (Lipinski definition) is 3. The van der Waals surface area contributed by atoms with Gasteiger partial charge in [0.1, 0.15) is 0 Å². The van der Waals surface area contributed by atoms with Crippen LogP contribution < -0.4 is 5.32 Å². The van der Waals surface area contributed by atoms with Gasteiger partial charge in [-0.2, -0.15) is 0 Å². The lowest BCUT2D eigenvalue weighted by Crippen LogP contribution is -2.25. The molecule has 0 aromatic heterocycles. The number of rotatable bonds is 10. The molecule has 3 nitrogen and oxygen atoms in total. The van der Waals surface area contributed by atoms with Gasteiger partial charge in [-0.1, -0.05) is 29.8 Å². The summed E-state index contributed by atoms with van der Waals surface area (Å²) in [5.41, 5.74) is 2.76. The third kappa shape index (κ3) is 5.23. The number of benzene rings is 1. The van der Waals surface area contributed by atoms with Crippen molar-refractivity contribution in [3.05, 3.63) is 35.4 Å². The molecule has 1 aliphatic rings. The van der Waals surface area contributed by atoms with Gasteiger partial charge in [-0.05, 0) is 44.2 Å². The van der Waals surface area contributed by atoms with E-state index in [9.17, 15) is 0 Å². The highest BCUT2D eigenvalue weighted by molar-refractivity contribution is 5.25. The van der Waals surface area contributed by atoms with Crippen LogP contribution in [0.2, 0.25) is 0 Å². The maximum Gasteiger partial charge on any atom is 0.0700 e. The van der Waals surface area contributed by atoms with E-state index in [0.29, 0.717) is 19.3 Å². The van der Waals surface area contributed by atoms with Gasteiger partial charge >= 0.3 is 0 Å². The zero-order chi connectivity index (χ0) is 14.2. The Labute approximate surface area is 122 Å². The van der Waals surface area contributed by atoms with Gasteiger partial charge in [-0.3, -0.25) is 0 Å². The fraction of sp³-hybridized carbons (Fsp3) is 0.647. The van der Waals surface area contributed by atoms with Crippen LogP contribution in [0, 0.1) is 12.8 Å². The molecule has 0 spiro atoms. The molecule has 1 fully saturated rings. The largest absolute Gasteiger partial charge is 0.382 e. The first-order valence-electron chi connectivity index (χ1n) is 7.68. The third-order valence-electron chi connectivity index (χ3n) is 3.79. The van der Waals surface area contributed by atoms with E-state index in [1.165, 1.54) is 24.0 Å². The molecule has 0 heterocycles. The first kappa shape index (κ1) is 15.5. The third-order valence-corrected chi connectivity index (χ3v) is 3.79. The molecular weight excluding hydrogens is 250 g/mol. The SMILES string of the molecule is COCCOCCCNC(c1ccc(C)cc1)C1CC1. The van der Waals surface area contributed by atoms with Crippen LogP contribution >= 0.6 is 0 Å². The predicted octanol–water partition coefficient (Wildman–Crippen LogP) is 3.09. The average Bonchev–Trinajstić information content (AvgIpc) is 3.28. The molecular formula is C17H27NO2. The Morgan fingerprint density at radius 2 is 1.90 bits per heavy atom. The first-order valence-corrected chi connectivity index (χ1v) is 7.68. The fourth-order valence-corrected chi connectivity index (χ4v) is 2.44. The maximum absolute atomic E-state index is 5.49. The monoisotopic (exact) mass is 277 g/mol. The van der Waals surface area contributed by atoms with Gasteiger partial charge in [-0.25, -0.2) is 0 Å². The standard InChI is InChI=1S/C17H27NO2/c1-14-4-6-15(7-5-14)17(16-8-9-16)18-10-3-11-20-13-12-19-2/h4-7,16-18H,3,8-13H2,1-2H3. The molecule has 1 N–H and O–H groups in total. The zero-order valence-electron chi connectivity index (χ0n) is 12.7. The fourth-order valence-electron chi connectivity index (χ4n) is 2.44. The second-order valence-electron chi connectivity index (χ2n) is 5.64. The predicted molar refractivity (Wildman–Crippen MR) is 82.0 cm³/mol. The highest BCUT2D eigenvalue weighted by atomic mass is 16.5. The van der Waals surface area contributed by atoms with Gasteiger partial charge in [0.25, 0.3) is 0 Å². The molecule has 1 aromatic rings. The van der Waals surface area contributed by atoms with Crippen molar-refractivity contribution in [2.24, 2.45) is 5.92 Å². The maximum atomic E-state index is 5.49. The van der Waals surface area contributed by atoms with Crippen LogP contribution in [-0.4, -0.2) is 33.5 Å². The van der Waals surface area contributed by atoms with E-state index in [-0.39, 0.29) is 0 Å². The smallest absolute Gasteiger partial charge is 0.0700 e. The molecule has 0 radical (unpaired) electrons. The Morgan fingerprint density at radius 3 is 2.55 bits per heavy atom. The second-order valence-corrected chi connectivity index (χ2v) is 5.64. The Kier molecular flexibility index (Phi) is 6.51. The molecule has 20 heavy (non-hydrogen) atoms. The average molecular weight is 277 g/mol. The van der Waals surface area contributed by atoms with Crippen LogP contribution in [0.3, 0.4) is 0 Å². The van der Waals surface area contributed by atoms with Crippen molar-refractivity contribution in [3.63, 3.8) is 0 Å². The Morgan fingerprint density at radius 1 is 1.15 bits per heavy atom. The summed E-state index contributed by atoms with van der Waals surface area (Å²) in [7, 11) is 1.70. The number of ether oxygens (including phenoxy) is 2. The Hall–Kier alpha value is -0.900. The normalized spacial score (nSPS) is 16.3. The molecule has 2 rings (SSSR count). The summed E-state index contributed by atoms with van der Waals surface area (Å²) in [5, 5.41) is 3.70. The minimum Gasteiger partial charge on any atom is -0.382 e. The van der Waals surface area contributed by atoms with E-state index in [1.54, 1.807) is 7.11 Å². The lowest BCUT2D eigenvalue weighted by Gasteiger charge is -2.19. The Balaban J connectivity index is 1.69. The van der Waals surface area contributed by atoms with Crippen LogP contribution in [0.15, 0.2) is 24.3 Å². The summed E-state index contributed by atoms with van der Waals surface area (Å²) < 4.78 is 10.4. The zero-order valence-corrected chi connectivity index (χ0v) is 12.7. The van der Waals surface area contributed by atoms with Gasteiger partial charge in [0.2, 0.25) is 0 Å². The summed E-state index contributed by atoms with van der Waals surface area (Å²) in [4.78, 5) is 0. The molecule has 0 saturated heterocycles. The second kappa shape index (κ2) is 8.40. The van der Waals surface area contributed by atoms with Crippen molar-refractivity contribution in [1.29, 1.82) is 0 Å². The van der Waals surface area contributed by atoms with Gasteiger partial charge in [0.05, 0.1) is 13.2 Å². The molecule has 3 heteroatoms. The van der Waals surface area contributed by atoms with Crippen molar-refractivity contribution in [2.45, 2.75) is 32.2 Å². The van der Waals surface area contributed by atoms with Crippen LogP contribution in [0.5, 0.6) is 0 Å². The summed E-state index contributed by atoms with van der Waals surface area (Å²) >= 11 is 0. The Bertz CT molecular complexity index is 373. The van der Waals surface area contributed by atoms with Crippen molar-refractivity contribution >= 4 is 0 Å². The highest BCUT2D eigenvalue weighted by Gasteiger charge is 2.31. The molecule has 1 atom stereocenters. The van der Waals surface area contributed by atoms with E-state index in [2.05, 4.69) is 36.5 Å². The molecule has 112 valence electrons. The van der Waals surface area contributed by atoms with Crippen LogP contribution in [0.25, 0.3) is 0 Å². The minimum absolute atomic E-state index is 0.523. The molecule has 1 unspecified atom stereocenters. The lowest BCUT2D eigenvalue weighted by atomic mass is 10.0. The quantitative estimate of drug-likeness (QED) is 0.667.